The summed E-state index contributed by atoms with van der Waals surface area (Å²) in [5, 5.41) is 2.70. The molecule has 0 radical (unpaired) electrons. The van der Waals surface area contributed by atoms with E-state index in [9.17, 15) is 19.0 Å². The van der Waals surface area contributed by atoms with Gasteiger partial charge in [-0.05, 0) is 12.8 Å². The largest absolute Gasteiger partial charge is 0.472 e. The minimum atomic E-state index is -4.30. The quantitative estimate of drug-likeness (QED) is 0.448. The van der Waals surface area contributed by atoms with E-state index >= 15 is 0 Å². The van der Waals surface area contributed by atoms with Gasteiger partial charge in [-0.15, -0.1) is 0 Å². The molecule has 2 N–H and O–H groups in total. The summed E-state index contributed by atoms with van der Waals surface area (Å²) in [6, 6.07) is 0. The maximum Gasteiger partial charge on any atom is 0.472 e. The summed E-state index contributed by atoms with van der Waals surface area (Å²) < 4.78 is 35.1. The molecular formula is C18H24N5O8P. The second-order valence-electron chi connectivity index (χ2n) is 7.45. The van der Waals surface area contributed by atoms with Crippen molar-refractivity contribution in [3.63, 3.8) is 0 Å². The number of fused-ring (bicyclic) bond motifs is 2. The molecule has 13 nitrogen and oxygen atoms in total. The minimum Gasteiger partial charge on any atom is -0.455 e. The van der Waals surface area contributed by atoms with Crippen molar-refractivity contribution in [1.29, 1.82) is 0 Å². The molecule has 2 aliphatic heterocycles. The summed E-state index contributed by atoms with van der Waals surface area (Å²) in [7, 11) is -4.30. The first-order valence-electron chi connectivity index (χ1n) is 10.3. The van der Waals surface area contributed by atoms with Crippen molar-refractivity contribution < 1.29 is 37.6 Å². The van der Waals surface area contributed by atoms with Crippen LogP contribution in [0.5, 0.6) is 0 Å². The number of nitrogens with zero attached hydrogens (tertiary/aromatic N) is 4. The van der Waals surface area contributed by atoms with Gasteiger partial charge in [0.25, 0.3) is 0 Å². The van der Waals surface area contributed by atoms with Gasteiger partial charge >= 0.3 is 13.8 Å². The van der Waals surface area contributed by atoms with Crippen LogP contribution < -0.4 is 5.32 Å². The Hall–Kier alpha value is -2.44. The Morgan fingerprint density at radius 3 is 2.81 bits per heavy atom. The molecular weight excluding hydrogens is 445 g/mol. The molecule has 0 saturated carbocycles. The molecule has 2 saturated heterocycles. The Morgan fingerprint density at radius 2 is 2.06 bits per heavy atom. The first kappa shape index (κ1) is 22.7. The number of ether oxygens (including phenoxy) is 2. The van der Waals surface area contributed by atoms with Crippen molar-refractivity contribution in [1.82, 2.24) is 19.5 Å². The van der Waals surface area contributed by atoms with Gasteiger partial charge in [0.2, 0.25) is 5.91 Å². The van der Waals surface area contributed by atoms with Crippen LogP contribution in [0, 0.1) is 0 Å². The molecule has 1 amide bonds. The molecule has 2 aromatic rings. The standard InChI is InChI=1S/C18H24N5O8P/c1-3-5-11(24)22-16-13-17(20-8-19-16)23(9-21-13)18-15(30-12(25)6-4-2)14-10(29-18)7-28-32(26,27)31-14/h8-10,14-15,18H,3-7H2,1-2H3,(H,26,27)(H,19,20,22,24)/t10-,14-,15?,18+/m0/s1. The fraction of sp³-hybridized carbons (Fsp3) is 0.611. The molecule has 174 valence electrons. The van der Waals surface area contributed by atoms with E-state index in [0.717, 1.165) is 0 Å². The minimum absolute atomic E-state index is 0.161. The Morgan fingerprint density at radius 1 is 1.28 bits per heavy atom. The van der Waals surface area contributed by atoms with Gasteiger partial charge in [0, 0.05) is 12.8 Å². The van der Waals surface area contributed by atoms with Crippen LogP contribution >= 0.6 is 7.82 Å². The van der Waals surface area contributed by atoms with Crippen LogP contribution in [0.3, 0.4) is 0 Å². The number of phosphoric ester groups is 1. The number of rotatable bonds is 7. The second kappa shape index (κ2) is 9.20. The third kappa shape index (κ3) is 4.52. The monoisotopic (exact) mass is 469 g/mol. The second-order valence-corrected chi connectivity index (χ2v) is 8.85. The predicted molar refractivity (Wildman–Crippen MR) is 108 cm³/mol. The summed E-state index contributed by atoms with van der Waals surface area (Å²) >= 11 is 0. The molecule has 0 aromatic carbocycles. The van der Waals surface area contributed by atoms with E-state index in [-0.39, 0.29) is 24.8 Å². The lowest BCUT2D eigenvalue weighted by atomic mass is 10.1. The van der Waals surface area contributed by atoms with E-state index in [4.69, 9.17) is 18.5 Å². The molecule has 4 rings (SSSR count). The number of carbonyl (C=O) groups excluding carboxylic acids is 2. The first-order valence-corrected chi connectivity index (χ1v) is 11.8. The molecule has 2 fully saturated rings. The highest BCUT2D eigenvalue weighted by Gasteiger charge is 2.55. The number of phosphoric acid groups is 1. The predicted octanol–water partition coefficient (Wildman–Crippen LogP) is 1.69. The zero-order valence-electron chi connectivity index (χ0n) is 17.5. The molecule has 0 spiro atoms. The third-order valence-corrected chi connectivity index (χ3v) is 6.02. The number of esters is 1. The van der Waals surface area contributed by atoms with Crippen molar-refractivity contribution in [2.75, 3.05) is 11.9 Å². The molecule has 2 aromatic heterocycles. The van der Waals surface area contributed by atoms with Gasteiger partial charge in [-0.1, -0.05) is 13.8 Å². The van der Waals surface area contributed by atoms with Crippen molar-refractivity contribution in [2.24, 2.45) is 0 Å². The Kier molecular flexibility index (Phi) is 6.54. The molecule has 32 heavy (non-hydrogen) atoms. The smallest absolute Gasteiger partial charge is 0.455 e. The molecule has 2 unspecified atom stereocenters. The van der Waals surface area contributed by atoms with Crippen LogP contribution in [0.2, 0.25) is 0 Å². The average Bonchev–Trinajstić information content (AvgIpc) is 3.30. The van der Waals surface area contributed by atoms with Crippen molar-refractivity contribution in [3.05, 3.63) is 12.7 Å². The Balaban J connectivity index is 1.68. The van der Waals surface area contributed by atoms with Gasteiger partial charge in [-0.25, -0.2) is 19.5 Å². The fourth-order valence-electron chi connectivity index (χ4n) is 3.64. The highest BCUT2D eigenvalue weighted by molar-refractivity contribution is 7.47. The number of imidazole rings is 1. The van der Waals surface area contributed by atoms with E-state index in [1.165, 1.54) is 17.2 Å². The normalized spacial score (nSPS) is 29.6. The lowest BCUT2D eigenvalue weighted by Gasteiger charge is -2.29. The van der Waals surface area contributed by atoms with Gasteiger partial charge in [0.15, 0.2) is 29.3 Å². The van der Waals surface area contributed by atoms with E-state index in [1.807, 2.05) is 13.8 Å². The summed E-state index contributed by atoms with van der Waals surface area (Å²) in [6.07, 6.45) is 0.639. The van der Waals surface area contributed by atoms with Crippen molar-refractivity contribution in [2.45, 2.75) is 64.1 Å². The molecule has 14 heteroatoms. The highest BCUT2D eigenvalue weighted by atomic mass is 31.2. The SMILES string of the molecule is CCCC(=O)Nc1ncnc2c1ncn2[C@@H]1O[C@H]2COP(=O)(O)O[C@@H]2C1OC(=O)CCC. The van der Waals surface area contributed by atoms with E-state index in [2.05, 4.69) is 20.3 Å². The summed E-state index contributed by atoms with van der Waals surface area (Å²) in [6.45, 7) is 3.50. The number of hydrogen-bond acceptors (Lipinski definition) is 10. The zero-order chi connectivity index (χ0) is 22.9. The molecule has 0 aliphatic carbocycles. The first-order chi connectivity index (χ1) is 15.3. The van der Waals surface area contributed by atoms with Gasteiger partial charge in [-0.3, -0.25) is 23.2 Å². The number of aromatic nitrogens is 4. The lowest BCUT2D eigenvalue weighted by molar-refractivity contribution is -0.158. The highest BCUT2D eigenvalue weighted by Crippen LogP contribution is 2.53. The van der Waals surface area contributed by atoms with Crippen LogP contribution in [-0.4, -0.2) is 61.2 Å². The van der Waals surface area contributed by atoms with Crippen LogP contribution in [0.25, 0.3) is 11.2 Å². The van der Waals surface area contributed by atoms with Gasteiger partial charge in [-0.2, -0.15) is 0 Å². The summed E-state index contributed by atoms with van der Waals surface area (Å²) in [4.78, 5) is 46.7. The van der Waals surface area contributed by atoms with Crippen molar-refractivity contribution in [3.8, 4) is 0 Å². The third-order valence-electron chi connectivity index (χ3n) is 5.03. The van der Waals surface area contributed by atoms with Crippen LogP contribution in [0.1, 0.15) is 45.8 Å². The molecule has 4 heterocycles. The Bertz CT molecular complexity index is 1060. The molecule has 2 aliphatic rings. The number of hydrogen-bond donors (Lipinski definition) is 2. The van der Waals surface area contributed by atoms with Crippen LogP contribution in [0.4, 0.5) is 5.82 Å². The lowest BCUT2D eigenvalue weighted by Crippen LogP contribution is -2.41. The fourth-order valence-corrected chi connectivity index (χ4v) is 4.60. The Labute approximate surface area is 183 Å². The number of carbonyl (C=O) groups is 2. The van der Waals surface area contributed by atoms with E-state index in [0.29, 0.717) is 30.4 Å². The van der Waals surface area contributed by atoms with E-state index < -0.39 is 38.3 Å². The maximum absolute atomic E-state index is 12.3. The number of nitrogens with one attached hydrogen (secondary N) is 1. The summed E-state index contributed by atoms with van der Waals surface area (Å²) in [5.74, 6) is -0.469. The van der Waals surface area contributed by atoms with Gasteiger partial charge in [0.1, 0.15) is 18.5 Å². The average molecular weight is 469 g/mol. The molecule has 0 bridgehead atoms. The number of anilines is 1. The topological polar surface area (TPSA) is 164 Å². The van der Waals surface area contributed by atoms with Crippen LogP contribution in [0.15, 0.2) is 12.7 Å². The zero-order valence-corrected chi connectivity index (χ0v) is 18.4. The van der Waals surface area contributed by atoms with Gasteiger partial charge < -0.3 is 19.7 Å². The van der Waals surface area contributed by atoms with Crippen LogP contribution in [-0.2, 0) is 32.7 Å². The summed E-state index contributed by atoms with van der Waals surface area (Å²) in [5.41, 5.74) is 0.638. The number of amides is 1. The maximum atomic E-state index is 12.3. The van der Waals surface area contributed by atoms with E-state index in [1.54, 1.807) is 0 Å². The molecule has 5 atom stereocenters. The van der Waals surface area contributed by atoms with Gasteiger partial charge in [0.05, 0.1) is 12.9 Å². The van der Waals surface area contributed by atoms with Crippen molar-refractivity contribution >= 4 is 36.7 Å².